The fourth-order valence-electron chi connectivity index (χ4n) is 2.16. The monoisotopic (exact) mass is 408 g/mol. The molecule has 0 bridgehead atoms. The van der Waals surface area contributed by atoms with Crippen LogP contribution in [0.25, 0.3) is 11.3 Å². The number of rotatable bonds is 3. The zero-order valence-corrected chi connectivity index (χ0v) is 15.4. The van der Waals surface area contributed by atoms with Crippen LogP contribution in [0.4, 0.5) is 10.1 Å². The molecule has 0 radical (unpaired) electrons. The second kappa shape index (κ2) is 7.86. The van der Waals surface area contributed by atoms with Crippen LogP contribution in [0.5, 0.6) is 0 Å². The highest BCUT2D eigenvalue weighted by atomic mass is 35.5. The van der Waals surface area contributed by atoms with Gasteiger partial charge in [-0.25, -0.2) is 4.39 Å². The average Bonchev–Trinajstić information content (AvgIpc) is 3.07. The summed E-state index contributed by atoms with van der Waals surface area (Å²) in [4.78, 5) is 12.2. The van der Waals surface area contributed by atoms with Gasteiger partial charge in [-0.15, -0.1) is 0 Å². The van der Waals surface area contributed by atoms with Crippen LogP contribution in [0, 0.1) is 5.82 Å². The van der Waals surface area contributed by atoms with Gasteiger partial charge in [-0.3, -0.25) is 10.1 Å². The number of benzene rings is 2. The fraction of sp³-hybridized carbons (Fsp3) is 0. The summed E-state index contributed by atoms with van der Waals surface area (Å²) in [6.45, 7) is 0. The summed E-state index contributed by atoms with van der Waals surface area (Å²) in [5, 5.41) is 6.02. The van der Waals surface area contributed by atoms with Crippen LogP contribution in [-0.4, -0.2) is 11.0 Å². The number of carbonyl (C=O) groups is 1. The summed E-state index contributed by atoms with van der Waals surface area (Å²) < 4.78 is 18.7. The van der Waals surface area contributed by atoms with E-state index in [1.165, 1.54) is 24.3 Å². The maximum absolute atomic E-state index is 13.2. The molecule has 0 aliphatic heterocycles. The standard InChI is InChI=1S/C18H11Cl2FN2O2S/c19-13-5-4-10(8-14(13)20)15-6-7-16(25-15)17(24)23-18(26)22-12-3-1-2-11(21)9-12/h1-9H,(H2,22,23,24,26). The summed E-state index contributed by atoms with van der Waals surface area (Å²) in [5.41, 5.74) is 1.10. The van der Waals surface area contributed by atoms with Gasteiger partial charge in [0.2, 0.25) is 0 Å². The zero-order valence-electron chi connectivity index (χ0n) is 13.1. The molecule has 0 fully saturated rings. The first-order valence-electron chi connectivity index (χ1n) is 7.35. The first-order chi connectivity index (χ1) is 12.4. The average molecular weight is 409 g/mol. The predicted octanol–water partition coefficient (Wildman–Crippen LogP) is 5.52. The van der Waals surface area contributed by atoms with Gasteiger partial charge in [-0.2, -0.15) is 0 Å². The van der Waals surface area contributed by atoms with Crippen molar-refractivity contribution in [3.8, 4) is 11.3 Å². The van der Waals surface area contributed by atoms with Gasteiger partial charge in [0.1, 0.15) is 11.6 Å². The molecule has 0 aliphatic rings. The van der Waals surface area contributed by atoms with Gasteiger partial charge < -0.3 is 9.73 Å². The Morgan fingerprint density at radius 2 is 1.85 bits per heavy atom. The van der Waals surface area contributed by atoms with Crippen LogP contribution in [0.3, 0.4) is 0 Å². The number of halogens is 3. The number of anilines is 1. The highest BCUT2D eigenvalue weighted by Gasteiger charge is 2.14. The molecule has 0 unspecified atom stereocenters. The molecule has 132 valence electrons. The minimum absolute atomic E-state index is 0.0214. The molecule has 0 aliphatic carbocycles. The van der Waals surface area contributed by atoms with E-state index in [0.717, 1.165) is 0 Å². The molecule has 4 nitrogen and oxygen atoms in total. The summed E-state index contributed by atoms with van der Waals surface area (Å²) in [6.07, 6.45) is 0. The van der Waals surface area contributed by atoms with E-state index in [1.54, 1.807) is 30.3 Å². The Morgan fingerprint density at radius 3 is 2.58 bits per heavy atom. The number of thiocarbonyl (C=S) groups is 1. The van der Waals surface area contributed by atoms with Crippen LogP contribution < -0.4 is 10.6 Å². The summed E-state index contributed by atoms with van der Waals surface area (Å²) >= 11 is 16.9. The molecule has 0 atom stereocenters. The molecule has 1 heterocycles. The van der Waals surface area contributed by atoms with E-state index >= 15 is 0 Å². The van der Waals surface area contributed by atoms with Crippen molar-refractivity contribution < 1.29 is 13.6 Å². The van der Waals surface area contributed by atoms with E-state index in [2.05, 4.69) is 10.6 Å². The van der Waals surface area contributed by atoms with Gasteiger partial charge in [0.05, 0.1) is 10.0 Å². The summed E-state index contributed by atoms with van der Waals surface area (Å²) in [5.74, 6) is -0.432. The largest absolute Gasteiger partial charge is 0.451 e. The van der Waals surface area contributed by atoms with Gasteiger partial charge in [0.25, 0.3) is 5.91 Å². The lowest BCUT2D eigenvalue weighted by Gasteiger charge is -2.08. The first-order valence-corrected chi connectivity index (χ1v) is 8.52. The van der Waals surface area contributed by atoms with Crippen LogP contribution >= 0.6 is 35.4 Å². The van der Waals surface area contributed by atoms with Crippen LogP contribution in [0.2, 0.25) is 10.0 Å². The minimum atomic E-state index is -0.537. The number of furan rings is 1. The summed E-state index contributed by atoms with van der Waals surface area (Å²) in [7, 11) is 0. The third-order valence-corrected chi connectivity index (χ3v) is 4.29. The topological polar surface area (TPSA) is 54.3 Å². The number of carbonyl (C=O) groups excluding carboxylic acids is 1. The molecule has 3 rings (SSSR count). The Morgan fingerprint density at radius 1 is 1.04 bits per heavy atom. The molecular weight excluding hydrogens is 398 g/mol. The van der Waals surface area contributed by atoms with Gasteiger partial charge in [0, 0.05) is 11.3 Å². The molecular formula is C18H11Cl2FN2O2S. The maximum Gasteiger partial charge on any atom is 0.293 e. The van der Waals surface area contributed by atoms with Crippen molar-refractivity contribution in [2.75, 3.05) is 5.32 Å². The molecule has 0 saturated heterocycles. The SMILES string of the molecule is O=C(NC(=S)Nc1cccc(F)c1)c1ccc(-c2ccc(Cl)c(Cl)c2)o1. The van der Waals surface area contributed by atoms with E-state index in [9.17, 15) is 9.18 Å². The molecule has 26 heavy (non-hydrogen) atoms. The van der Waals surface area contributed by atoms with Crippen molar-refractivity contribution in [3.05, 3.63) is 76.2 Å². The molecule has 3 aromatic rings. The molecule has 1 amide bonds. The first kappa shape index (κ1) is 18.4. The minimum Gasteiger partial charge on any atom is -0.451 e. The van der Waals surface area contributed by atoms with E-state index in [0.29, 0.717) is 27.1 Å². The number of hydrogen-bond donors (Lipinski definition) is 2. The van der Waals surface area contributed by atoms with Crippen molar-refractivity contribution in [2.45, 2.75) is 0 Å². The van der Waals surface area contributed by atoms with E-state index in [1.807, 2.05) is 0 Å². The number of hydrogen-bond acceptors (Lipinski definition) is 3. The zero-order chi connectivity index (χ0) is 18.7. The van der Waals surface area contributed by atoms with Crippen molar-refractivity contribution in [1.82, 2.24) is 5.32 Å². The molecule has 0 saturated carbocycles. The van der Waals surface area contributed by atoms with Crippen molar-refractivity contribution in [1.29, 1.82) is 0 Å². The van der Waals surface area contributed by atoms with E-state index in [4.69, 9.17) is 39.8 Å². The fourth-order valence-corrected chi connectivity index (χ4v) is 2.67. The van der Waals surface area contributed by atoms with E-state index < -0.39 is 11.7 Å². The predicted molar refractivity (Wildman–Crippen MR) is 104 cm³/mol. The van der Waals surface area contributed by atoms with Gasteiger partial charge in [0.15, 0.2) is 10.9 Å². The van der Waals surface area contributed by atoms with Gasteiger partial charge in [-0.1, -0.05) is 29.3 Å². The van der Waals surface area contributed by atoms with Crippen molar-refractivity contribution in [3.63, 3.8) is 0 Å². The maximum atomic E-state index is 13.2. The molecule has 8 heteroatoms. The molecule has 0 spiro atoms. The van der Waals surface area contributed by atoms with E-state index in [-0.39, 0.29) is 10.9 Å². The Bertz CT molecular complexity index is 991. The lowest BCUT2D eigenvalue weighted by molar-refractivity contribution is 0.0951. The van der Waals surface area contributed by atoms with Crippen molar-refractivity contribution >= 4 is 52.1 Å². The van der Waals surface area contributed by atoms with Gasteiger partial charge >= 0.3 is 0 Å². The summed E-state index contributed by atoms with van der Waals surface area (Å²) in [6, 6.07) is 13.9. The molecule has 1 aromatic heterocycles. The second-order valence-electron chi connectivity index (χ2n) is 5.21. The third-order valence-electron chi connectivity index (χ3n) is 3.34. The highest BCUT2D eigenvalue weighted by molar-refractivity contribution is 7.80. The third kappa shape index (κ3) is 4.40. The van der Waals surface area contributed by atoms with Crippen LogP contribution in [0.15, 0.2) is 59.0 Å². The Balaban J connectivity index is 1.67. The highest BCUT2D eigenvalue weighted by Crippen LogP contribution is 2.29. The Labute approximate surface area is 163 Å². The van der Waals surface area contributed by atoms with Gasteiger partial charge in [-0.05, 0) is 60.7 Å². The smallest absolute Gasteiger partial charge is 0.293 e. The lowest BCUT2D eigenvalue weighted by Crippen LogP contribution is -2.33. The van der Waals surface area contributed by atoms with Crippen molar-refractivity contribution in [2.24, 2.45) is 0 Å². The quantitative estimate of drug-likeness (QED) is 0.560. The second-order valence-corrected chi connectivity index (χ2v) is 6.43. The Kier molecular flexibility index (Phi) is 5.56. The normalized spacial score (nSPS) is 10.4. The lowest BCUT2D eigenvalue weighted by atomic mass is 10.2. The molecule has 2 N–H and O–H groups in total. The molecule has 2 aromatic carbocycles. The van der Waals surface area contributed by atoms with Crippen LogP contribution in [0.1, 0.15) is 10.6 Å². The number of amides is 1. The number of nitrogens with one attached hydrogen (secondary N) is 2. The van der Waals surface area contributed by atoms with Crippen LogP contribution in [-0.2, 0) is 0 Å². The Hall–Kier alpha value is -2.41.